The normalized spacial score (nSPS) is 26.5. The standard InChI is InChI=1S/C79H125N37O22P6/c1-49(2)104-23-52(133-59(29-104)113-48-96-68-75(113)91-44-92-77(68)118)36-128-141(123,101(10)11)109-27-56(138-64(34-109)116-47-95-67-71(83)87-43-90-74(67)116)40-132-144(126,105-20-17-84-18-21-105)110-28-57(134-60(30-110)111-19-16-58(80)97-78(111)119)39-131-143(125,103(14)15)108-26-55(137-63(33-108)115-46-94-66-70(82)86-42-89-73(66)115)38-130-142(124,102(12)13)107-25-54(136-62(32-107)114-45-93-65-69(81)85-41-88-72(65)114)37-129-140(122,100(8)9)106-24-53(35-127-139(121,50(3)4)99(6)7)135-61(31-106)112-22-51(5)76(117)98-79(112)120/h16,19,22,41-50,52-57,59-64,84H,17-18,20-21,23-40H2,1-15H3,(H2,80,97,119)(H2,81,85,88)(H2,82,86,89)(H2,83,87,90)(H,91,92,118)(H,98,117,120). The number of anilines is 4. The summed E-state index contributed by atoms with van der Waals surface area (Å²) in [5.41, 5.74) is 24.2. The molecule has 0 radical (unpaired) electrons. The van der Waals surface area contributed by atoms with Gasteiger partial charge in [-0.1, -0.05) is 13.8 Å². The number of aromatic amines is 2. The monoisotopic (exact) mass is 2130 g/mol. The third-order valence-electron chi connectivity index (χ3n) is 26.0. The number of hydrogen-bond donors (Lipinski definition) is 7. The Labute approximate surface area is 826 Å². The summed E-state index contributed by atoms with van der Waals surface area (Å²) in [6.45, 7) is 6.39. The first-order chi connectivity index (χ1) is 68.5. The van der Waals surface area contributed by atoms with Crippen LogP contribution in [0.15, 0.2) is 88.3 Å². The maximum atomic E-state index is 17.2. The first-order valence-corrected chi connectivity index (χ1v) is 55.9. The van der Waals surface area contributed by atoms with Crippen molar-refractivity contribution < 1.29 is 83.0 Å². The maximum Gasteiger partial charge on any atom is 0.351 e. The molecule has 0 saturated carbocycles. The molecule has 7 fully saturated rings. The summed E-state index contributed by atoms with van der Waals surface area (Å²) in [4.78, 5) is 113. The molecule has 0 bridgehead atoms. The van der Waals surface area contributed by atoms with Crippen LogP contribution in [0.2, 0.25) is 0 Å². The molecule has 17 heterocycles. The van der Waals surface area contributed by atoms with Gasteiger partial charge >= 0.3 is 49.7 Å². The number of H-pyrrole nitrogens is 2. The minimum absolute atomic E-state index is 0.0114. The van der Waals surface area contributed by atoms with Crippen LogP contribution in [-0.2, 0) is 83.0 Å². The van der Waals surface area contributed by atoms with Gasteiger partial charge in [0.2, 0.25) is 0 Å². The number of fused-ring (bicyclic) bond motifs is 4. The molecular formula is C79H125N37O22P6. The van der Waals surface area contributed by atoms with Crippen LogP contribution in [-0.4, -0.2) is 417 Å². The van der Waals surface area contributed by atoms with Gasteiger partial charge in [0, 0.05) is 102 Å². The molecule has 0 aromatic carbocycles. The summed E-state index contributed by atoms with van der Waals surface area (Å²) in [6.07, 6.45) is 0.743. The van der Waals surface area contributed by atoms with E-state index in [-0.39, 0.29) is 166 Å². The number of aryl methyl sites for hydroxylation is 1. The second kappa shape index (κ2) is 43.4. The molecule has 788 valence electrons. The molecule has 18 unspecified atom stereocenters. The lowest BCUT2D eigenvalue weighted by Gasteiger charge is -2.47. The van der Waals surface area contributed by atoms with Crippen molar-refractivity contribution in [3.8, 4) is 0 Å². The third-order valence-corrected chi connectivity index (χ3v) is 41.7. The zero-order valence-corrected chi connectivity index (χ0v) is 87.7. The number of nitrogens with one attached hydrogen (secondary N) is 3. The lowest BCUT2D eigenvalue weighted by molar-refractivity contribution is -0.140. The van der Waals surface area contributed by atoms with Gasteiger partial charge in [0.25, 0.3) is 18.6 Å². The lowest BCUT2D eigenvalue weighted by atomic mass is 10.2. The van der Waals surface area contributed by atoms with E-state index in [1.165, 1.54) is 113 Å². The van der Waals surface area contributed by atoms with Gasteiger partial charge in [0.05, 0.1) is 141 Å². The van der Waals surface area contributed by atoms with Crippen LogP contribution in [0.1, 0.15) is 70.6 Å². The topological polar surface area (TPSA) is 652 Å². The molecule has 0 aliphatic carbocycles. The van der Waals surface area contributed by atoms with E-state index in [9.17, 15) is 23.7 Å². The van der Waals surface area contributed by atoms with Crippen LogP contribution < -0.4 is 50.7 Å². The number of nitrogen functional groups attached to an aromatic ring is 4. The fourth-order valence-electron chi connectivity index (χ4n) is 18.4. The van der Waals surface area contributed by atoms with Gasteiger partial charge in [0.15, 0.2) is 58.0 Å². The van der Waals surface area contributed by atoms with E-state index in [1.807, 2.05) is 13.8 Å². The summed E-state index contributed by atoms with van der Waals surface area (Å²) in [5, 5.41) is 3.35. The Balaban J connectivity index is 0.652. The molecule has 7 aliphatic rings. The molecule has 11 N–H and O–H groups in total. The van der Waals surface area contributed by atoms with Crippen molar-refractivity contribution in [1.82, 2.24) is 159 Å². The predicted octanol–water partition coefficient (Wildman–Crippen LogP) is 1.64. The number of morpholine rings is 6. The summed E-state index contributed by atoms with van der Waals surface area (Å²) in [5.74, 6) is 0.0843. The molecule has 7 saturated heterocycles. The predicted molar refractivity (Wildman–Crippen MR) is 524 cm³/mol. The molecule has 17 rings (SSSR count). The number of hydrogen-bond acceptors (Lipinski definition) is 40. The van der Waals surface area contributed by atoms with Crippen molar-refractivity contribution in [2.24, 2.45) is 0 Å². The molecule has 10 aromatic heterocycles. The van der Waals surface area contributed by atoms with E-state index < -0.39 is 174 Å². The summed E-state index contributed by atoms with van der Waals surface area (Å²) < 4.78 is 205. The van der Waals surface area contributed by atoms with Crippen LogP contribution in [0.5, 0.6) is 0 Å². The quantitative estimate of drug-likeness (QED) is 0.0272. The Hall–Kier alpha value is -8.86. The van der Waals surface area contributed by atoms with E-state index in [2.05, 4.69) is 80.0 Å². The van der Waals surface area contributed by atoms with Gasteiger partial charge in [-0.15, -0.1) is 0 Å². The highest BCUT2D eigenvalue weighted by Crippen LogP contribution is 2.63. The Morgan fingerprint density at radius 1 is 0.403 bits per heavy atom. The van der Waals surface area contributed by atoms with Gasteiger partial charge in [-0.05, 0) is 97.3 Å². The summed E-state index contributed by atoms with van der Waals surface area (Å²) in [7, 11) is -9.65. The minimum atomic E-state index is -4.50. The maximum absolute atomic E-state index is 17.2. The highest BCUT2D eigenvalue weighted by Gasteiger charge is 2.54. The zero-order valence-electron chi connectivity index (χ0n) is 82.4. The summed E-state index contributed by atoms with van der Waals surface area (Å²) >= 11 is 0. The molecule has 7 aliphatic heterocycles. The summed E-state index contributed by atoms with van der Waals surface area (Å²) in [6, 6.07) is 1.42. The number of rotatable bonds is 37. The fraction of sp³-hybridized carbons (Fsp3) is 0.646. The second-order valence-electron chi connectivity index (χ2n) is 37.3. The molecule has 0 amide bonds. The molecule has 10 aromatic rings. The van der Waals surface area contributed by atoms with Gasteiger partial charge in [-0.3, -0.25) is 74.3 Å². The van der Waals surface area contributed by atoms with Crippen molar-refractivity contribution in [2.45, 2.75) is 120 Å². The highest BCUT2D eigenvalue weighted by atomic mass is 31.2. The van der Waals surface area contributed by atoms with Crippen molar-refractivity contribution in [3.05, 3.63) is 116 Å². The van der Waals surface area contributed by atoms with Gasteiger partial charge in [-0.25, -0.2) is 116 Å². The van der Waals surface area contributed by atoms with Gasteiger partial charge < -0.3 is 88.8 Å². The van der Waals surface area contributed by atoms with Crippen LogP contribution >= 0.6 is 45.9 Å². The lowest BCUT2D eigenvalue weighted by Crippen LogP contribution is -2.53. The molecular weight excluding hydrogens is 2000 g/mol. The SMILES string of the molecule is Cc1cn(C2CN(P(=O)(OCC3CN(P(=O)(OCC4CN(P(=O)(OCC5CN(P(=O)(OCC6CN(P(=O)(OCC7CN(C(C)C)CC(n8cnc9c(=O)[nH]cnc98)O7)N(C)C)CC(n7cnc8c(N)ncnc87)O6)N6CCNCC6)CC(n6ccc(N)nc6=O)O5)N(C)C)CC(n5cnc6c(N)ncnc65)O4)N(C)C)CC(n4cnc5c(N)ncnc54)O3)N(C)C)CC(COP(=O)(C(C)C)N(C)C)O2)c(=O)[nH]c1=O. The Morgan fingerprint density at radius 2 is 0.757 bits per heavy atom. The van der Waals surface area contributed by atoms with Crippen LogP contribution in [0.25, 0.3) is 44.7 Å². The van der Waals surface area contributed by atoms with Crippen LogP contribution in [0.4, 0.5) is 23.3 Å². The van der Waals surface area contributed by atoms with Crippen LogP contribution in [0, 0.1) is 6.92 Å². The number of imidazole rings is 4. The first-order valence-electron chi connectivity index (χ1n) is 46.6. The van der Waals surface area contributed by atoms with Crippen LogP contribution in [0.3, 0.4) is 0 Å². The smallest absolute Gasteiger partial charge is 0.351 e. The van der Waals surface area contributed by atoms with E-state index in [0.29, 0.717) is 31.8 Å². The van der Waals surface area contributed by atoms with Crippen molar-refractivity contribution >= 4 is 114 Å². The Bertz CT molecular complexity index is 6830. The van der Waals surface area contributed by atoms with Gasteiger partial charge in [-0.2, -0.15) is 4.98 Å². The van der Waals surface area contributed by atoms with Gasteiger partial charge in [0.1, 0.15) is 66.3 Å². The molecule has 0 spiro atoms. The molecule has 18 atom stereocenters. The average molecular weight is 2130 g/mol. The fourth-order valence-corrected chi connectivity index (χ4v) is 30.7. The third kappa shape index (κ3) is 21.6. The van der Waals surface area contributed by atoms with E-state index in [1.54, 1.807) is 126 Å². The van der Waals surface area contributed by atoms with Crippen molar-refractivity contribution in [2.75, 3.05) is 238 Å². The molecule has 144 heavy (non-hydrogen) atoms. The van der Waals surface area contributed by atoms with Crippen molar-refractivity contribution in [3.63, 3.8) is 0 Å². The molecule has 65 heteroatoms. The van der Waals surface area contributed by atoms with E-state index in [4.69, 9.17) is 78.5 Å². The highest BCUT2D eigenvalue weighted by molar-refractivity contribution is 7.57. The second-order valence-corrected chi connectivity index (χ2v) is 53.3. The molecule has 59 nitrogen and oxygen atoms in total. The van der Waals surface area contributed by atoms with E-state index >= 15 is 22.8 Å². The number of aromatic nitrogens is 20. The first kappa shape index (κ1) is 106. The number of piperazine rings is 1. The largest absolute Gasteiger partial charge is 0.383 e. The average Bonchev–Trinajstić information content (AvgIpc) is 1.65. The Kier molecular flexibility index (Phi) is 32.1. The van der Waals surface area contributed by atoms with Crippen molar-refractivity contribution in [1.29, 1.82) is 0 Å². The minimum Gasteiger partial charge on any atom is -0.383 e. The Morgan fingerprint density at radius 3 is 1.15 bits per heavy atom. The number of nitrogens with zero attached hydrogens (tertiary/aromatic N) is 30. The van der Waals surface area contributed by atoms with E-state index in [0.717, 1.165) is 0 Å². The number of nitrogens with two attached hydrogens (primary N) is 4. The number of ether oxygens (including phenoxy) is 6. The zero-order chi connectivity index (χ0) is 103.